The molecular weight excluding hydrogens is 564 g/mol. The van der Waals surface area contributed by atoms with Crippen molar-refractivity contribution in [2.75, 3.05) is 13.2 Å². The van der Waals surface area contributed by atoms with Crippen LogP contribution in [0.3, 0.4) is 0 Å². The number of carbonyl (C=O) groups is 3. The highest BCUT2D eigenvalue weighted by atomic mass is 16.6. The highest BCUT2D eigenvalue weighted by Crippen LogP contribution is 2.13. The molecule has 0 spiro atoms. The smallest absolute Gasteiger partial charge is 0.309 e. The van der Waals surface area contributed by atoms with Crippen LogP contribution in [-0.4, -0.2) is 37.2 Å². The average molecular weight is 633 g/mol. The Balaban J connectivity index is 4.47. The molecular formula is C39H68O6. The van der Waals surface area contributed by atoms with E-state index < -0.39 is 12.1 Å². The van der Waals surface area contributed by atoms with Crippen LogP contribution in [0, 0.1) is 0 Å². The summed E-state index contributed by atoms with van der Waals surface area (Å²) in [5, 5.41) is 0. The van der Waals surface area contributed by atoms with Crippen molar-refractivity contribution in [2.24, 2.45) is 0 Å². The molecule has 0 aromatic heterocycles. The largest absolute Gasteiger partial charge is 0.462 e. The molecule has 0 radical (unpaired) electrons. The summed E-state index contributed by atoms with van der Waals surface area (Å²) in [6, 6.07) is 0. The Labute approximate surface area is 276 Å². The standard InChI is InChI=1S/C39H68O6/c1-4-7-10-13-16-19-22-25-28-31-37(40)43-34-36(45-39(42)33-30-27-24-21-18-15-12-9-6-3)35-44-38(41)32-29-26-23-20-17-14-11-8-5-2/h7,10,16,19,25,28,36H,4-6,8-9,11-15,17-18,20-24,26-27,29-35H2,1-3H3/b10-7-,19-16-,28-25-. The minimum absolute atomic E-state index is 0.0971. The molecule has 0 rings (SSSR count). The molecule has 0 N–H and O–H groups in total. The summed E-state index contributed by atoms with van der Waals surface area (Å²) in [4.78, 5) is 37.2. The Morgan fingerprint density at radius 2 is 0.867 bits per heavy atom. The molecule has 0 saturated carbocycles. The quantitative estimate of drug-likeness (QED) is 0.0318. The molecule has 0 aliphatic rings. The summed E-state index contributed by atoms with van der Waals surface area (Å²) in [5.41, 5.74) is 0. The predicted molar refractivity (Wildman–Crippen MR) is 187 cm³/mol. The molecule has 0 heterocycles. The lowest BCUT2D eigenvalue weighted by atomic mass is 10.1. The maximum atomic E-state index is 12.5. The normalized spacial score (nSPS) is 12.3. The molecule has 0 aromatic carbocycles. The van der Waals surface area contributed by atoms with E-state index >= 15 is 0 Å². The van der Waals surface area contributed by atoms with Gasteiger partial charge >= 0.3 is 17.9 Å². The maximum absolute atomic E-state index is 12.5. The third kappa shape index (κ3) is 32.8. The molecule has 0 fully saturated rings. The summed E-state index contributed by atoms with van der Waals surface area (Å²) >= 11 is 0. The lowest BCUT2D eigenvalue weighted by molar-refractivity contribution is -0.166. The first kappa shape index (κ1) is 42.6. The molecule has 260 valence electrons. The monoisotopic (exact) mass is 633 g/mol. The summed E-state index contributed by atoms with van der Waals surface area (Å²) in [5.74, 6) is -1.04. The van der Waals surface area contributed by atoms with E-state index in [0.717, 1.165) is 57.8 Å². The van der Waals surface area contributed by atoms with Gasteiger partial charge in [0.05, 0.1) is 6.42 Å². The minimum atomic E-state index is -0.796. The Morgan fingerprint density at radius 1 is 0.467 bits per heavy atom. The second-order valence-corrected chi connectivity index (χ2v) is 12.1. The summed E-state index contributed by atoms with van der Waals surface area (Å²) in [6.07, 6.45) is 36.0. The van der Waals surface area contributed by atoms with Crippen molar-refractivity contribution in [1.82, 2.24) is 0 Å². The van der Waals surface area contributed by atoms with Crippen LogP contribution in [0.1, 0.15) is 175 Å². The minimum Gasteiger partial charge on any atom is -0.462 e. The van der Waals surface area contributed by atoms with Gasteiger partial charge in [-0.1, -0.05) is 160 Å². The Morgan fingerprint density at radius 3 is 1.36 bits per heavy atom. The van der Waals surface area contributed by atoms with Gasteiger partial charge in [-0.25, -0.2) is 0 Å². The van der Waals surface area contributed by atoms with Crippen LogP contribution in [0.4, 0.5) is 0 Å². The SMILES string of the molecule is CC/C=C\C/C=C\C/C=C\CC(=O)OCC(COC(=O)CCCCCCCCCCC)OC(=O)CCCCCCCCCCC. The van der Waals surface area contributed by atoms with Gasteiger partial charge < -0.3 is 14.2 Å². The van der Waals surface area contributed by atoms with E-state index in [1.807, 2.05) is 6.08 Å². The first-order valence-corrected chi connectivity index (χ1v) is 18.5. The zero-order chi connectivity index (χ0) is 33.1. The van der Waals surface area contributed by atoms with E-state index in [9.17, 15) is 14.4 Å². The first-order valence-electron chi connectivity index (χ1n) is 18.5. The van der Waals surface area contributed by atoms with Crippen molar-refractivity contribution < 1.29 is 28.6 Å². The van der Waals surface area contributed by atoms with Crippen molar-refractivity contribution in [3.8, 4) is 0 Å². The lowest BCUT2D eigenvalue weighted by Gasteiger charge is -2.18. The van der Waals surface area contributed by atoms with Crippen LogP contribution >= 0.6 is 0 Å². The van der Waals surface area contributed by atoms with Crippen LogP contribution in [-0.2, 0) is 28.6 Å². The van der Waals surface area contributed by atoms with Crippen LogP contribution in [0.5, 0.6) is 0 Å². The molecule has 0 bridgehead atoms. The van der Waals surface area contributed by atoms with Gasteiger partial charge in [-0.3, -0.25) is 14.4 Å². The highest BCUT2D eigenvalue weighted by Gasteiger charge is 2.19. The van der Waals surface area contributed by atoms with Crippen LogP contribution in [0.25, 0.3) is 0 Å². The van der Waals surface area contributed by atoms with Crippen molar-refractivity contribution in [3.05, 3.63) is 36.5 Å². The molecule has 1 atom stereocenters. The van der Waals surface area contributed by atoms with Crippen molar-refractivity contribution in [2.45, 2.75) is 181 Å². The predicted octanol–water partition coefficient (Wildman–Crippen LogP) is 11.1. The second kappa shape index (κ2) is 34.5. The Kier molecular flexibility index (Phi) is 32.7. The third-order valence-electron chi connectivity index (χ3n) is 7.69. The number of ether oxygens (including phenoxy) is 3. The van der Waals surface area contributed by atoms with Gasteiger partial charge in [0.1, 0.15) is 13.2 Å². The summed E-state index contributed by atoms with van der Waals surface area (Å²) < 4.78 is 16.4. The number of unbranched alkanes of at least 4 members (excludes halogenated alkanes) is 16. The highest BCUT2D eigenvalue weighted by molar-refractivity contribution is 5.72. The van der Waals surface area contributed by atoms with E-state index in [1.165, 1.54) is 77.0 Å². The molecule has 0 aliphatic heterocycles. The molecule has 0 aromatic rings. The van der Waals surface area contributed by atoms with Crippen LogP contribution in [0.2, 0.25) is 0 Å². The van der Waals surface area contributed by atoms with Crippen LogP contribution in [0.15, 0.2) is 36.5 Å². The third-order valence-corrected chi connectivity index (χ3v) is 7.69. The lowest BCUT2D eigenvalue weighted by Crippen LogP contribution is -2.30. The number of carbonyl (C=O) groups excluding carboxylic acids is 3. The average Bonchev–Trinajstić information content (AvgIpc) is 3.03. The Hall–Kier alpha value is -2.37. The number of allylic oxidation sites excluding steroid dienone is 5. The number of rotatable bonds is 32. The fourth-order valence-electron chi connectivity index (χ4n) is 4.91. The zero-order valence-electron chi connectivity index (χ0n) is 29.4. The number of hydrogen-bond donors (Lipinski definition) is 0. The Bertz CT molecular complexity index is 784. The fourth-order valence-corrected chi connectivity index (χ4v) is 4.91. The maximum Gasteiger partial charge on any atom is 0.309 e. The van der Waals surface area contributed by atoms with Gasteiger partial charge in [0.15, 0.2) is 6.10 Å². The van der Waals surface area contributed by atoms with E-state index in [1.54, 1.807) is 6.08 Å². The number of esters is 3. The summed E-state index contributed by atoms with van der Waals surface area (Å²) in [7, 11) is 0. The molecule has 0 saturated heterocycles. The van der Waals surface area contributed by atoms with Crippen molar-refractivity contribution in [1.29, 1.82) is 0 Å². The summed E-state index contributed by atoms with van der Waals surface area (Å²) in [6.45, 7) is 6.34. The van der Waals surface area contributed by atoms with Gasteiger partial charge in [0, 0.05) is 12.8 Å². The van der Waals surface area contributed by atoms with Gasteiger partial charge in [-0.2, -0.15) is 0 Å². The van der Waals surface area contributed by atoms with Crippen LogP contribution < -0.4 is 0 Å². The number of hydrogen-bond acceptors (Lipinski definition) is 6. The van der Waals surface area contributed by atoms with E-state index in [0.29, 0.717) is 12.8 Å². The molecule has 6 nitrogen and oxygen atoms in total. The van der Waals surface area contributed by atoms with Gasteiger partial charge in [-0.05, 0) is 32.1 Å². The van der Waals surface area contributed by atoms with E-state index in [2.05, 4.69) is 45.1 Å². The molecule has 0 amide bonds. The zero-order valence-corrected chi connectivity index (χ0v) is 29.4. The first-order chi connectivity index (χ1) is 22.0. The molecule has 0 aliphatic carbocycles. The van der Waals surface area contributed by atoms with Gasteiger partial charge in [0.25, 0.3) is 0 Å². The molecule has 6 heteroatoms. The van der Waals surface area contributed by atoms with Crippen molar-refractivity contribution >= 4 is 17.9 Å². The van der Waals surface area contributed by atoms with Gasteiger partial charge in [0.2, 0.25) is 0 Å². The fraction of sp³-hybridized carbons (Fsp3) is 0.769. The second-order valence-electron chi connectivity index (χ2n) is 12.1. The topological polar surface area (TPSA) is 78.9 Å². The van der Waals surface area contributed by atoms with Crippen molar-refractivity contribution in [3.63, 3.8) is 0 Å². The van der Waals surface area contributed by atoms with E-state index in [4.69, 9.17) is 14.2 Å². The van der Waals surface area contributed by atoms with E-state index in [-0.39, 0.29) is 31.6 Å². The molecule has 1 unspecified atom stereocenters. The molecule has 45 heavy (non-hydrogen) atoms. The van der Waals surface area contributed by atoms with Gasteiger partial charge in [-0.15, -0.1) is 0 Å².